The molecule has 4 saturated carbocycles. The lowest BCUT2D eigenvalue weighted by Crippen LogP contribution is -3.05. The second kappa shape index (κ2) is 4.24. The van der Waals surface area contributed by atoms with E-state index in [0.29, 0.717) is 11.8 Å². The highest BCUT2D eigenvalue weighted by molar-refractivity contribution is 5.06. The smallest absolute Gasteiger partial charge is 0.0767 e. The Hall–Kier alpha value is -0.0800. The zero-order valence-corrected chi connectivity index (χ0v) is 11.4. The van der Waals surface area contributed by atoms with Crippen LogP contribution in [0.4, 0.5) is 0 Å². The molecule has 0 radical (unpaired) electrons. The summed E-state index contributed by atoms with van der Waals surface area (Å²) >= 11 is 0. The van der Waals surface area contributed by atoms with Crippen molar-refractivity contribution in [3.8, 4) is 0 Å². The fraction of sp³-hybridized carbons (Fsp3) is 1.00. The van der Waals surface area contributed by atoms with Crippen LogP contribution in [0.3, 0.4) is 0 Å². The SMILES string of the molecule is C[NH+](C)CCCC1(O)C2CC3CC(C2)CC1C3. The minimum Gasteiger partial charge on any atom is -0.389 e. The van der Waals surface area contributed by atoms with Gasteiger partial charge in [-0.3, -0.25) is 0 Å². The monoisotopic (exact) mass is 238 g/mol. The van der Waals surface area contributed by atoms with Crippen LogP contribution >= 0.6 is 0 Å². The largest absolute Gasteiger partial charge is 0.389 e. The second-order valence-electron chi connectivity index (χ2n) is 7.36. The van der Waals surface area contributed by atoms with Crippen molar-refractivity contribution in [1.29, 1.82) is 0 Å². The molecule has 0 saturated heterocycles. The summed E-state index contributed by atoms with van der Waals surface area (Å²) in [6, 6.07) is 0. The molecule has 17 heavy (non-hydrogen) atoms. The van der Waals surface area contributed by atoms with Gasteiger partial charge in [-0.2, -0.15) is 0 Å². The first-order chi connectivity index (χ1) is 8.08. The number of hydrogen-bond donors (Lipinski definition) is 2. The molecular weight excluding hydrogens is 210 g/mol. The van der Waals surface area contributed by atoms with Gasteiger partial charge >= 0.3 is 0 Å². The predicted molar refractivity (Wildman–Crippen MR) is 68.9 cm³/mol. The molecule has 0 aliphatic heterocycles. The van der Waals surface area contributed by atoms with Gasteiger partial charge in [0.05, 0.1) is 26.2 Å². The van der Waals surface area contributed by atoms with Crippen molar-refractivity contribution in [3.05, 3.63) is 0 Å². The molecule has 0 heterocycles. The van der Waals surface area contributed by atoms with E-state index in [0.717, 1.165) is 18.3 Å². The van der Waals surface area contributed by atoms with Crippen molar-refractivity contribution in [2.24, 2.45) is 23.7 Å². The van der Waals surface area contributed by atoms with Gasteiger partial charge in [-0.1, -0.05) is 0 Å². The van der Waals surface area contributed by atoms with Crippen LogP contribution in [-0.4, -0.2) is 31.3 Å². The highest BCUT2D eigenvalue weighted by atomic mass is 16.3. The van der Waals surface area contributed by atoms with E-state index in [1.807, 2.05) is 0 Å². The Kier molecular flexibility index (Phi) is 2.99. The van der Waals surface area contributed by atoms with E-state index >= 15 is 0 Å². The second-order valence-corrected chi connectivity index (χ2v) is 7.36. The van der Waals surface area contributed by atoms with Crippen LogP contribution in [0.1, 0.15) is 44.9 Å². The number of rotatable bonds is 4. The Balaban J connectivity index is 1.65. The third kappa shape index (κ3) is 2.04. The zero-order chi connectivity index (χ0) is 12.0. The van der Waals surface area contributed by atoms with Crippen LogP contribution in [0, 0.1) is 23.7 Å². The van der Waals surface area contributed by atoms with Crippen molar-refractivity contribution in [2.75, 3.05) is 20.6 Å². The maximum atomic E-state index is 11.1. The zero-order valence-electron chi connectivity index (χ0n) is 11.4. The van der Waals surface area contributed by atoms with Crippen molar-refractivity contribution >= 4 is 0 Å². The van der Waals surface area contributed by atoms with Gasteiger partial charge in [0.1, 0.15) is 0 Å². The Morgan fingerprint density at radius 1 is 1.00 bits per heavy atom. The molecule has 98 valence electrons. The van der Waals surface area contributed by atoms with Crippen LogP contribution in [0.15, 0.2) is 0 Å². The first kappa shape index (κ1) is 12.0. The van der Waals surface area contributed by atoms with E-state index in [-0.39, 0.29) is 5.60 Å². The summed E-state index contributed by atoms with van der Waals surface area (Å²) in [5.41, 5.74) is -0.275. The maximum absolute atomic E-state index is 11.1. The molecule has 0 atom stereocenters. The lowest BCUT2D eigenvalue weighted by molar-refractivity contribution is -0.858. The fourth-order valence-electron chi connectivity index (χ4n) is 5.13. The minimum absolute atomic E-state index is 0.275. The number of nitrogens with one attached hydrogen (secondary N) is 1. The van der Waals surface area contributed by atoms with Crippen LogP contribution in [0.25, 0.3) is 0 Å². The van der Waals surface area contributed by atoms with Crippen LogP contribution in [0.2, 0.25) is 0 Å². The van der Waals surface area contributed by atoms with E-state index in [1.165, 1.54) is 50.0 Å². The summed E-state index contributed by atoms with van der Waals surface area (Å²) in [6.45, 7) is 1.20. The molecule has 4 rings (SSSR count). The molecule has 2 nitrogen and oxygen atoms in total. The van der Waals surface area contributed by atoms with Crippen LogP contribution in [0.5, 0.6) is 0 Å². The van der Waals surface area contributed by atoms with Gasteiger partial charge in [0.15, 0.2) is 0 Å². The van der Waals surface area contributed by atoms with E-state index in [4.69, 9.17) is 0 Å². The molecular formula is C15H28NO+. The summed E-state index contributed by atoms with van der Waals surface area (Å²) in [7, 11) is 4.42. The molecule has 2 heteroatoms. The summed E-state index contributed by atoms with van der Waals surface area (Å²) in [4.78, 5) is 1.51. The quantitative estimate of drug-likeness (QED) is 0.753. The van der Waals surface area contributed by atoms with Crippen molar-refractivity contribution < 1.29 is 10.0 Å². The molecule has 0 aromatic carbocycles. The topological polar surface area (TPSA) is 24.7 Å². The van der Waals surface area contributed by atoms with Crippen molar-refractivity contribution in [2.45, 2.75) is 50.5 Å². The molecule has 4 aliphatic carbocycles. The molecule has 2 N–H and O–H groups in total. The van der Waals surface area contributed by atoms with Gasteiger partial charge in [0.2, 0.25) is 0 Å². The molecule has 0 spiro atoms. The number of hydrogen-bond acceptors (Lipinski definition) is 1. The predicted octanol–water partition coefficient (Wildman–Crippen LogP) is 1.10. The normalized spacial score (nSPS) is 48.0. The Morgan fingerprint density at radius 2 is 1.53 bits per heavy atom. The average molecular weight is 238 g/mol. The summed E-state index contributed by atoms with van der Waals surface area (Å²) in [5, 5.41) is 11.1. The van der Waals surface area contributed by atoms with Crippen molar-refractivity contribution in [1.82, 2.24) is 0 Å². The number of quaternary nitrogens is 1. The summed E-state index contributed by atoms with van der Waals surface area (Å²) < 4.78 is 0. The van der Waals surface area contributed by atoms with Gasteiger partial charge in [-0.15, -0.1) is 0 Å². The van der Waals surface area contributed by atoms with Gasteiger partial charge < -0.3 is 10.0 Å². The average Bonchev–Trinajstić information content (AvgIpc) is 2.24. The highest BCUT2D eigenvalue weighted by Crippen LogP contribution is 2.59. The molecule has 0 aromatic heterocycles. The van der Waals surface area contributed by atoms with E-state index in [9.17, 15) is 5.11 Å². The van der Waals surface area contributed by atoms with Gasteiger partial charge in [-0.25, -0.2) is 0 Å². The standard InChI is InChI=1S/C15H27NO/c1-16(2)5-3-4-15(17)13-7-11-6-12(9-13)10-14(15)8-11/h11-14,17H,3-10H2,1-2H3/p+1. The summed E-state index contributed by atoms with van der Waals surface area (Å²) in [5.74, 6) is 3.24. The van der Waals surface area contributed by atoms with E-state index < -0.39 is 0 Å². The fourth-order valence-corrected chi connectivity index (χ4v) is 5.13. The van der Waals surface area contributed by atoms with Gasteiger partial charge in [0.25, 0.3) is 0 Å². The van der Waals surface area contributed by atoms with E-state index in [2.05, 4.69) is 14.1 Å². The molecule has 4 fully saturated rings. The Bertz CT molecular complexity index is 259. The lowest BCUT2D eigenvalue weighted by atomic mass is 9.49. The van der Waals surface area contributed by atoms with Gasteiger partial charge in [-0.05, 0) is 68.6 Å². The molecule has 4 bridgehead atoms. The third-order valence-electron chi connectivity index (χ3n) is 5.81. The third-order valence-corrected chi connectivity index (χ3v) is 5.81. The Labute approximate surface area is 105 Å². The maximum Gasteiger partial charge on any atom is 0.0767 e. The molecule has 0 amide bonds. The minimum atomic E-state index is -0.275. The first-order valence-corrected chi connectivity index (χ1v) is 7.59. The van der Waals surface area contributed by atoms with E-state index in [1.54, 1.807) is 0 Å². The lowest BCUT2D eigenvalue weighted by Gasteiger charge is -2.59. The molecule has 0 unspecified atom stereocenters. The van der Waals surface area contributed by atoms with Crippen molar-refractivity contribution in [3.63, 3.8) is 0 Å². The van der Waals surface area contributed by atoms with Crippen LogP contribution in [-0.2, 0) is 0 Å². The van der Waals surface area contributed by atoms with Crippen LogP contribution < -0.4 is 4.90 Å². The first-order valence-electron chi connectivity index (χ1n) is 7.59. The summed E-state index contributed by atoms with van der Waals surface area (Å²) in [6.07, 6.45) is 9.06. The Morgan fingerprint density at radius 3 is 2.00 bits per heavy atom. The highest BCUT2D eigenvalue weighted by Gasteiger charge is 2.55. The number of aliphatic hydroxyl groups is 1. The molecule has 0 aromatic rings. The van der Waals surface area contributed by atoms with Gasteiger partial charge in [0, 0.05) is 0 Å². The molecule has 4 aliphatic rings.